The molecule has 0 heterocycles. The van der Waals surface area contributed by atoms with E-state index in [4.69, 9.17) is 0 Å². The molecule has 0 aromatic rings. The van der Waals surface area contributed by atoms with Crippen molar-refractivity contribution < 1.29 is 15.0 Å². The van der Waals surface area contributed by atoms with Gasteiger partial charge in [0, 0.05) is 6.42 Å². The van der Waals surface area contributed by atoms with Crippen molar-refractivity contribution in [3.05, 3.63) is 122 Å². The monoisotopic (exact) mass is 982 g/mol. The van der Waals surface area contributed by atoms with Gasteiger partial charge < -0.3 is 15.5 Å². The van der Waals surface area contributed by atoms with Crippen molar-refractivity contribution in [2.75, 3.05) is 6.61 Å². The fourth-order valence-electron chi connectivity index (χ4n) is 8.68. The maximum atomic E-state index is 12.5. The molecule has 0 aromatic heterocycles. The molecule has 2 unspecified atom stereocenters. The number of aliphatic hydroxyl groups is 2. The first-order valence-electron chi connectivity index (χ1n) is 30.2. The largest absolute Gasteiger partial charge is 0.394 e. The number of nitrogens with one attached hydrogen (secondary N) is 1. The van der Waals surface area contributed by atoms with Crippen LogP contribution >= 0.6 is 0 Å². The van der Waals surface area contributed by atoms with Gasteiger partial charge in [0.05, 0.1) is 18.8 Å². The minimum absolute atomic E-state index is 0.0755. The number of carbonyl (C=O) groups is 1. The van der Waals surface area contributed by atoms with Gasteiger partial charge in [0.2, 0.25) is 5.91 Å². The van der Waals surface area contributed by atoms with Crippen molar-refractivity contribution in [2.45, 2.75) is 289 Å². The maximum Gasteiger partial charge on any atom is 0.220 e. The third-order valence-electron chi connectivity index (χ3n) is 13.2. The number of rotatable bonds is 54. The third kappa shape index (κ3) is 57.6. The fraction of sp³-hybridized carbons (Fsp3) is 0.687. The maximum absolute atomic E-state index is 12.5. The van der Waals surface area contributed by atoms with E-state index in [1.54, 1.807) is 0 Å². The minimum atomic E-state index is -0.689. The van der Waals surface area contributed by atoms with Crippen molar-refractivity contribution in [1.82, 2.24) is 5.32 Å². The van der Waals surface area contributed by atoms with Gasteiger partial charge >= 0.3 is 0 Å². The molecule has 71 heavy (non-hydrogen) atoms. The molecule has 4 heteroatoms. The topological polar surface area (TPSA) is 69.6 Å². The molecule has 0 aromatic carbocycles. The zero-order valence-corrected chi connectivity index (χ0v) is 46.7. The number of carbonyl (C=O) groups excluding carboxylic acids is 1. The van der Waals surface area contributed by atoms with E-state index < -0.39 is 12.1 Å². The summed E-state index contributed by atoms with van der Waals surface area (Å²) in [7, 11) is 0. The molecular weight excluding hydrogens is 867 g/mol. The predicted molar refractivity (Wildman–Crippen MR) is 317 cm³/mol. The van der Waals surface area contributed by atoms with Crippen LogP contribution in [0.25, 0.3) is 0 Å². The lowest BCUT2D eigenvalue weighted by Gasteiger charge is -2.22. The highest BCUT2D eigenvalue weighted by Crippen LogP contribution is 2.17. The molecule has 0 aliphatic rings. The molecule has 0 aliphatic heterocycles. The summed E-state index contributed by atoms with van der Waals surface area (Å²) in [6.07, 6.45) is 93.4. The lowest BCUT2D eigenvalue weighted by molar-refractivity contribution is -0.123. The standard InChI is InChI=1S/C67H115NO3/c1-3-5-7-9-11-13-15-17-19-21-23-25-27-29-31-32-33-34-35-36-37-39-41-43-45-47-49-51-53-55-57-59-61-63-67(71)68-65(64-69)66(70)62-60-58-56-54-52-50-48-46-44-42-40-38-30-28-26-24-22-20-18-16-14-12-10-8-6-4-2/h5,7,11,13,17,19,23,25,29,31,33-34,36-37,41,43,47,49,53,55,65-66,69-70H,3-4,6,8-10,12,14-16,18,20-22,24,26-28,30,32,35,38-40,42,44-46,48,50-52,54,56-64H2,1-2H3,(H,68,71)/b7-5-,13-11-,19-17-,25-23-,31-29-,34-33-,37-36-,43-41-,49-47-,55-53-. The Kier molecular flexibility index (Phi) is 58.3. The van der Waals surface area contributed by atoms with Crippen LogP contribution in [0.2, 0.25) is 0 Å². The van der Waals surface area contributed by atoms with Crippen LogP contribution in [0.1, 0.15) is 277 Å². The Balaban J connectivity index is 3.63. The van der Waals surface area contributed by atoms with E-state index in [9.17, 15) is 15.0 Å². The van der Waals surface area contributed by atoms with Crippen LogP contribution in [0.4, 0.5) is 0 Å². The first kappa shape index (κ1) is 67.8. The highest BCUT2D eigenvalue weighted by atomic mass is 16.3. The summed E-state index contributed by atoms with van der Waals surface area (Å²) in [5.74, 6) is -0.0755. The molecule has 0 saturated heterocycles. The number of unbranched alkanes of at least 4 members (excludes halogenated alkanes) is 27. The lowest BCUT2D eigenvalue weighted by Crippen LogP contribution is -2.45. The highest BCUT2D eigenvalue weighted by Gasteiger charge is 2.20. The van der Waals surface area contributed by atoms with Gasteiger partial charge in [-0.3, -0.25) is 4.79 Å². The SMILES string of the molecule is CC/C=C\C/C=C\C/C=C\C/C=C\C/C=C\C/C=C\C/C=C\C/C=C\C/C=C\C/C=C\CCCCC(=O)NC(CO)C(O)CCCCCCCCCCCCCCCCCCCCCCCCCCCC. The molecule has 0 aliphatic carbocycles. The Bertz CT molecular complexity index is 1390. The van der Waals surface area contributed by atoms with Gasteiger partial charge in [-0.2, -0.15) is 0 Å². The minimum Gasteiger partial charge on any atom is -0.394 e. The van der Waals surface area contributed by atoms with Crippen LogP contribution in [-0.2, 0) is 4.79 Å². The van der Waals surface area contributed by atoms with Crippen LogP contribution in [0, 0.1) is 0 Å². The van der Waals surface area contributed by atoms with Crippen LogP contribution in [0.5, 0.6) is 0 Å². The second-order valence-electron chi connectivity index (χ2n) is 20.0. The predicted octanol–water partition coefficient (Wildman–Crippen LogP) is 20.4. The van der Waals surface area contributed by atoms with Gasteiger partial charge in [-0.1, -0.05) is 302 Å². The molecule has 2 atom stereocenters. The molecule has 0 rings (SSSR count). The van der Waals surface area contributed by atoms with E-state index in [0.717, 1.165) is 96.3 Å². The summed E-state index contributed by atoms with van der Waals surface area (Å²) in [6, 6.07) is -0.571. The fourth-order valence-corrected chi connectivity index (χ4v) is 8.68. The van der Waals surface area contributed by atoms with Crippen molar-refractivity contribution in [3.8, 4) is 0 Å². The zero-order chi connectivity index (χ0) is 51.3. The average Bonchev–Trinajstić information content (AvgIpc) is 3.37. The number of hydrogen-bond donors (Lipinski definition) is 3. The normalized spacial score (nSPS) is 13.7. The van der Waals surface area contributed by atoms with E-state index in [1.165, 1.54) is 154 Å². The van der Waals surface area contributed by atoms with Crippen molar-refractivity contribution in [3.63, 3.8) is 0 Å². The van der Waals surface area contributed by atoms with Crippen molar-refractivity contribution >= 4 is 5.91 Å². The van der Waals surface area contributed by atoms with Crippen molar-refractivity contribution in [2.24, 2.45) is 0 Å². The molecular formula is C67H115NO3. The van der Waals surface area contributed by atoms with E-state index in [0.29, 0.717) is 12.8 Å². The zero-order valence-electron chi connectivity index (χ0n) is 46.7. The Morgan fingerprint density at radius 2 is 0.620 bits per heavy atom. The van der Waals surface area contributed by atoms with Crippen LogP contribution < -0.4 is 5.32 Å². The molecule has 0 saturated carbocycles. The quantitative estimate of drug-likeness (QED) is 0.0420. The summed E-state index contributed by atoms with van der Waals surface area (Å²) in [4.78, 5) is 12.5. The van der Waals surface area contributed by atoms with Crippen LogP contribution in [0.15, 0.2) is 122 Å². The van der Waals surface area contributed by atoms with Gasteiger partial charge in [-0.05, 0) is 89.9 Å². The van der Waals surface area contributed by atoms with Gasteiger partial charge in [0.25, 0.3) is 0 Å². The summed E-state index contributed by atoms with van der Waals surface area (Å²) in [5, 5.41) is 23.3. The second-order valence-corrected chi connectivity index (χ2v) is 20.0. The summed E-state index contributed by atoms with van der Waals surface area (Å²) >= 11 is 0. The van der Waals surface area contributed by atoms with Gasteiger partial charge in [0.15, 0.2) is 0 Å². The molecule has 1 amide bonds. The van der Waals surface area contributed by atoms with E-state index >= 15 is 0 Å². The Morgan fingerprint density at radius 3 is 0.901 bits per heavy atom. The first-order chi connectivity index (χ1) is 35.2. The van der Waals surface area contributed by atoms with Crippen LogP contribution in [-0.4, -0.2) is 34.9 Å². The first-order valence-corrected chi connectivity index (χ1v) is 30.2. The summed E-state index contributed by atoms with van der Waals surface area (Å²) < 4.78 is 0. The van der Waals surface area contributed by atoms with Crippen molar-refractivity contribution in [1.29, 1.82) is 0 Å². The van der Waals surface area contributed by atoms with Gasteiger partial charge in [0.1, 0.15) is 0 Å². The number of hydrogen-bond acceptors (Lipinski definition) is 3. The van der Waals surface area contributed by atoms with E-state index in [1.807, 2.05) is 0 Å². The Morgan fingerprint density at radius 1 is 0.352 bits per heavy atom. The smallest absolute Gasteiger partial charge is 0.220 e. The Hall–Kier alpha value is -3.21. The Labute approximate surface area is 441 Å². The van der Waals surface area contributed by atoms with Crippen LogP contribution in [0.3, 0.4) is 0 Å². The second kappa shape index (κ2) is 61.1. The number of aliphatic hydroxyl groups excluding tert-OH is 2. The van der Waals surface area contributed by atoms with Gasteiger partial charge in [-0.25, -0.2) is 0 Å². The summed E-state index contributed by atoms with van der Waals surface area (Å²) in [6.45, 7) is 4.24. The number of amides is 1. The average molecular weight is 983 g/mol. The summed E-state index contributed by atoms with van der Waals surface area (Å²) in [5.41, 5.74) is 0. The molecule has 0 radical (unpaired) electrons. The molecule has 4 nitrogen and oxygen atoms in total. The van der Waals surface area contributed by atoms with Gasteiger partial charge in [-0.15, -0.1) is 0 Å². The molecule has 0 fully saturated rings. The third-order valence-corrected chi connectivity index (χ3v) is 13.2. The number of allylic oxidation sites excluding steroid dienone is 20. The highest BCUT2D eigenvalue weighted by molar-refractivity contribution is 5.76. The van der Waals surface area contributed by atoms with E-state index in [2.05, 4.69) is 141 Å². The molecule has 406 valence electrons. The van der Waals surface area contributed by atoms with E-state index in [-0.39, 0.29) is 12.5 Å². The molecule has 0 spiro atoms. The lowest BCUT2D eigenvalue weighted by atomic mass is 10.0. The molecule has 0 bridgehead atoms. The molecule has 3 N–H and O–H groups in total.